The third kappa shape index (κ3) is 4.47. The zero-order chi connectivity index (χ0) is 14.8. The molecule has 1 N–H and O–H groups in total. The minimum atomic E-state index is 0.165. The molecule has 1 fully saturated rings. The van der Waals surface area contributed by atoms with Crippen molar-refractivity contribution in [2.75, 3.05) is 5.75 Å². The van der Waals surface area contributed by atoms with Gasteiger partial charge in [0.15, 0.2) is 0 Å². The zero-order valence-electron chi connectivity index (χ0n) is 13.5. The maximum Gasteiger partial charge on any atom is 0.106 e. The number of rotatable bonds is 4. The van der Waals surface area contributed by atoms with Gasteiger partial charge in [0.05, 0.1) is 10.9 Å². The molecule has 1 saturated heterocycles. The Bertz CT molecular complexity index is 426. The van der Waals surface area contributed by atoms with Gasteiger partial charge in [0.25, 0.3) is 0 Å². The molecule has 1 aromatic rings. The molecule has 20 heavy (non-hydrogen) atoms. The molecule has 4 heteroatoms. The molecule has 2 nitrogen and oxygen atoms in total. The van der Waals surface area contributed by atoms with Crippen molar-refractivity contribution in [2.24, 2.45) is 0 Å². The lowest BCUT2D eigenvalue weighted by molar-refractivity contribution is 0.425. The topological polar surface area (TPSA) is 24.9 Å². The van der Waals surface area contributed by atoms with Gasteiger partial charge < -0.3 is 5.32 Å². The van der Waals surface area contributed by atoms with Crippen LogP contribution < -0.4 is 5.32 Å². The van der Waals surface area contributed by atoms with Crippen LogP contribution in [0.2, 0.25) is 0 Å². The second kappa shape index (κ2) is 6.80. The lowest BCUT2D eigenvalue weighted by atomic mass is 10.1. The first-order valence-electron chi connectivity index (χ1n) is 7.73. The van der Waals surface area contributed by atoms with Crippen LogP contribution in [0.5, 0.6) is 0 Å². The molecule has 2 heterocycles. The Kier molecular flexibility index (Phi) is 5.55. The van der Waals surface area contributed by atoms with E-state index in [-0.39, 0.29) is 5.54 Å². The van der Waals surface area contributed by atoms with Crippen molar-refractivity contribution in [3.63, 3.8) is 0 Å². The standard InChI is InChI=1S/C16H28N2S2/c1-11(2)14-13(10-17-16(3,4)5)20-15(18-14)12-8-6-7-9-19-12/h11-12,17H,6-10H2,1-5H3. The van der Waals surface area contributed by atoms with Crippen molar-refractivity contribution in [3.8, 4) is 0 Å². The number of hydrogen-bond acceptors (Lipinski definition) is 4. The predicted octanol–water partition coefficient (Wildman–Crippen LogP) is 5.11. The van der Waals surface area contributed by atoms with Crippen LogP contribution in [-0.2, 0) is 6.54 Å². The van der Waals surface area contributed by atoms with Crippen LogP contribution in [0.25, 0.3) is 0 Å². The molecule has 0 aromatic carbocycles. The van der Waals surface area contributed by atoms with Gasteiger partial charge in [-0.15, -0.1) is 11.3 Å². The number of hydrogen-bond donors (Lipinski definition) is 1. The van der Waals surface area contributed by atoms with Gasteiger partial charge in [-0.05, 0) is 45.3 Å². The Morgan fingerprint density at radius 2 is 2.05 bits per heavy atom. The van der Waals surface area contributed by atoms with E-state index < -0.39 is 0 Å². The van der Waals surface area contributed by atoms with Crippen molar-refractivity contribution in [3.05, 3.63) is 15.6 Å². The Labute approximate surface area is 132 Å². The Hall–Kier alpha value is -0.0600. The van der Waals surface area contributed by atoms with Gasteiger partial charge in [-0.3, -0.25) is 0 Å². The van der Waals surface area contributed by atoms with Gasteiger partial charge >= 0.3 is 0 Å². The Balaban J connectivity index is 2.14. The molecule has 0 aliphatic carbocycles. The van der Waals surface area contributed by atoms with Crippen molar-refractivity contribution in [1.29, 1.82) is 0 Å². The predicted molar refractivity (Wildman–Crippen MR) is 91.8 cm³/mol. The Morgan fingerprint density at radius 3 is 2.60 bits per heavy atom. The van der Waals surface area contributed by atoms with E-state index in [9.17, 15) is 0 Å². The number of nitrogens with one attached hydrogen (secondary N) is 1. The first-order valence-corrected chi connectivity index (χ1v) is 9.59. The summed E-state index contributed by atoms with van der Waals surface area (Å²) < 4.78 is 0. The molecule has 1 atom stereocenters. The fourth-order valence-corrected chi connectivity index (χ4v) is 5.09. The molecule has 1 aliphatic rings. The van der Waals surface area contributed by atoms with Crippen LogP contribution in [0.3, 0.4) is 0 Å². The SMILES string of the molecule is CC(C)c1nc(C2CCCCS2)sc1CNC(C)(C)C. The Morgan fingerprint density at radius 1 is 1.30 bits per heavy atom. The lowest BCUT2D eigenvalue weighted by Gasteiger charge is -2.20. The van der Waals surface area contributed by atoms with E-state index in [1.54, 1.807) is 0 Å². The highest BCUT2D eigenvalue weighted by Crippen LogP contribution is 2.41. The van der Waals surface area contributed by atoms with Gasteiger partial charge in [0.2, 0.25) is 0 Å². The summed E-state index contributed by atoms with van der Waals surface area (Å²) in [7, 11) is 0. The second-order valence-corrected chi connectivity index (χ2v) is 9.40. The number of nitrogens with zero attached hydrogens (tertiary/aromatic N) is 1. The van der Waals surface area contributed by atoms with Gasteiger partial charge in [-0.2, -0.15) is 11.8 Å². The summed E-state index contributed by atoms with van der Waals surface area (Å²) in [6, 6.07) is 0. The van der Waals surface area contributed by atoms with E-state index in [4.69, 9.17) is 4.98 Å². The summed E-state index contributed by atoms with van der Waals surface area (Å²) in [5, 5.41) is 5.63. The normalized spacial score (nSPS) is 20.6. The average molecular weight is 313 g/mol. The van der Waals surface area contributed by atoms with Crippen molar-refractivity contribution >= 4 is 23.1 Å². The highest BCUT2D eigenvalue weighted by Gasteiger charge is 2.23. The average Bonchev–Trinajstić information content (AvgIpc) is 2.81. The summed E-state index contributed by atoms with van der Waals surface area (Å²) >= 11 is 4.04. The molecule has 1 unspecified atom stereocenters. The summed E-state index contributed by atoms with van der Waals surface area (Å²) in [5.41, 5.74) is 1.48. The molecular formula is C16H28N2S2. The van der Waals surface area contributed by atoms with E-state index in [2.05, 4.69) is 51.7 Å². The van der Waals surface area contributed by atoms with Crippen LogP contribution >= 0.6 is 23.1 Å². The maximum atomic E-state index is 4.99. The number of aromatic nitrogens is 1. The largest absolute Gasteiger partial charge is 0.307 e. The zero-order valence-corrected chi connectivity index (χ0v) is 15.1. The highest BCUT2D eigenvalue weighted by atomic mass is 32.2. The number of thiazole rings is 1. The van der Waals surface area contributed by atoms with Crippen molar-refractivity contribution < 1.29 is 0 Å². The minimum Gasteiger partial charge on any atom is -0.307 e. The maximum absolute atomic E-state index is 4.99. The van der Waals surface area contributed by atoms with Gasteiger partial charge in [-0.25, -0.2) is 4.98 Å². The van der Waals surface area contributed by atoms with Gasteiger partial charge in [-0.1, -0.05) is 20.3 Å². The molecule has 1 aromatic heterocycles. The van der Waals surface area contributed by atoms with E-state index in [0.717, 1.165) is 6.54 Å². The fourth-order valence-electron chi connectivity index (χ4n) is 2.38. The quantitative estimate of drug-likeness (QED) is 0.836. The highest BCUT2D eigenvalue weighted by molar-refractivity contribution is 7.99. The monoisotopic (exact) mass is 312 g/mol. The smallest absolute Gasteiger partial charge is 0.106 e. The lowest BCUT2D eigenvalue weighted by Crippen LogP contribution is -2.35. The van der Waals surface area contributed by atoms with Crippen molar-refractivity contribution in [1.82, 2.24) is 10.3 Å². The minimum absolute atomic E-state index is 0.165. The number of thioether (sulfide) groups is 1. The molecular weight excluding hydrogens is 284 g/mol. The molecule has 0 radical (unpaired) electrons. The molecule has 0 spiro atoms. The third-order valence-corrected chi connectivity index (χ3v) is 6.25. The van der Waals surface area contributed by atoms with E-state index in [1.165, 1.54) is 40.6 Å². The van der Waals surface area contributed by atoms with Crippen molar-refractivity contribution in [2.45, 2.75) is 77.1 Å². The van der Waals surface area contributed by atoms with E-state index in [0.29, 0.717) is 11.2 Å². The summed E-state index contributed by atoms with van der Waals surface area (Å²) in [4.78, 5) is 6.43. The van der Waals surface area contributed by atoms with E-state index >= 15 is 0 Å². The van der Waals surface area contributed by atoms with Gasteiger partial charge in [0, 0.05) is 17.0 Å². The molecule has 0 saturated carbocycles. The fraction of sp³-hybridized carbons (Fsp3) is 0.812. The molecule has 2 rings (SSSR count). The summed E-state index contributed by atoms with van der Waals surface area (Å²) in [5.74, 6) is 1.82. The molecule has 0 amide bonds. The van der Waals surface area contributed by atoms with Crippen LogP contribution in [0.4, 0.5) is 0 Å². The molecule has 1 aliphatic heterocycles. The van der Waals surface area contributed by atoms with Crippen LogP contribution in [-0.4, -0.2) is 16.3 Å². The van der Waals surface area contributed by atoms with Crippen LogP contribution in [0.1, 0.15) is 80.6 Å². The second-order valence-electron chi connectivity index (χ2n) is 6.97. The molecule has 0 bridgehead atoms. The first-order chi connectivity index (χ1) is 9.37. The first kappa shape index (κ1) is 16.3. The van der Waals surface area contributed by atoms with Crippen LogP contribution in [0, 0.1) is 0 Å². The van der Waals surface area contributed by atoms with E-state index in [1.807, 2.05) is 11.3 Å². The third-order valence-electron chi connectivity index (χ3n) is 3.53. The summed E-state index contributed by atoms with van der Waals surface area (Å²) in [6.45, 7) is 12.1. The van der Waals surface area contributed by atoms with Crippen LogP contribution in [0.15, 0.2) is 0 Å². The molecule has 114 valence electrons. The van der Waals surface area contributed by atoms with Gasteiger partial charge in [0.1, 0.15) is 5.01 Å². The summed E-state index contributed by atoms with van der Waals surface area (Å²) in [6.07, 6.45) is 4.05.